The van der Waals surface area contributed by atoms with E-state index in [1.807, 2.05) is 6.08 Å². The van der Waals surface area contributed by atoms with Crippen LogP contribution in [0, 0.1) is 0 Å². The van der Waals surface area contributed by atoms with Crippen LogP contribution in [0.25, 0.3) is 0 Å². The van der Waals surface area contributed by atoms with Crippen LogP contribution < -0.4 is 5.32 Å². The van der Waals surface area contributed by atoms with Gasteiger partial charge in [0.25, 0.3) is 0 Å². The van der Waals surface area contributed by atoms with E-state index in [9.17, 15) is 61.0 Å². The van der Waals surface area contributed by atoms with Crippen LogP contribution in [0.4, 0.5) is 0 Å². The van der Waals surface area contributed by atoms with Gasteiger partial charge in [-0.1, -0.05) is 287 Å². The molecule has 0 aromatic heterocycles. The summed E-state index contributed by atoms with van der Waals surface area (Å²) in [7, 11) is 0. The van der Waals surface area contributed by atoms with Gasteiger partial charge in [-0.3, -0.25) is 4.79 Å². The second-order valence-electron chi connectivity index (χ2n) is 28.5. The minimum absolute atomic E-state index is 0.233. The van der Waals surface area contributed by atoms with Crippen molar-refractivity contribution in [3.63, 3.8) is 0 Å². The predicted octanol–water partition coefficient (Wildman–Crippen LogP) is 12.9. The molecule has 0 spiro atoms. The van der Waals surface area contributed by atoms with Crippen molar-refractivity contribution in [3.8, 4) is 0 Å². The second-order valence-corrected chi connectivity index (χ2v) is 28.5. The van der Waals surface area contributed by atoms with Gasteiger partial charge in [-0.05, 0) is 70.6 Å². The van der Waals surface area contributed by atoms with Gasteiger partial charge in [0.15, 0.2) is 18.9 Å². The summed E-state index contributed by atoms with van der Waals surface area (Å²) in [6, 6.07) is -0.998. The van der Waals surface area contributed by atoms with Gasteiger partial charge in [0.05, 0.1) is 38.6 Å². The molecule has 0 bridgehead atoms. The SMILES string of the molecule is CCCCCCCCCC/C=C\CCCCCCCCCCCCCCCCCC(=O)NC(COC1OC(CO)C(OC2OC(CO)C(OC3OC(CO)C(O)C(O)C3O)C(O)C2O)C(O)C1O)C(O)/C=C/CC/C=C/CC/C=C/CCCCCCCCCCCCCCCCCC. The lowest BCUT2D eigenvalue weighted by atomic mass is 9.96. The molecule has 3 aliphatic heterocycles. The second kappa shape index (κ2) is 60.1. The first-order valence-electron chi connectivity index (χ1n) is 39.9. The molecule has 0 aromatic rings. The Morgan fingerprint density at radius 3 is 1.02 bits per heavy atom. The molecule has 19 heteroatoms. The molecule has 3 fully saturated rings. The van der Waals surface area contributed by atoms with Gasteiger partial charge in [-0.25, -0.2) is 0 Å². The van der Waals surface area contributed by atoms with E-state index in [2.05, 4.69) is 55.6 Å². The number of carbonyl (C=O) groups excluding carboxylic acids is 1. The Kier molecular flexibility index (Phi) is 55.1. The highest BCUT2D eigenvalue weighted by Crippen LogP contribution is 2.33. The van der Waals surface area contributed by atoms with Gasteiger partial charge < -0.3 is 89.9 Å². The normalized spacial score (nSPS) is 27.0. The number of hydrogen-bond donors (Lipinski definition) is 12. The molecule has 98 heavy (non-hydrogen) atoms. The fourth-order valence-electron chi connectivity index (χ4n) is 13.4. The number of ether oxygens (including phenoxy) is 6. The zero-order valence-electron chi connectivity index (χ0n) is 61.3. The largest absolute Gasteiger partial charge is 0.394 e. The summed E-state index contributed by atoms with van der Waals surface area (Å²) in [6.07, 6.45) is 48.2. The number of unbranched alkanes of at least 4 members (excludes halogenated alkanes) is 41. The average molecular weight is 1400 g/mol. The van der Waals surface area contributed by atoms with E-state index in [-0.39, 0.29) is 18.9 Å². The number of nitrogens with one attached hydrogen (secondary N) is 1. The van der Waals surface area contributed by atoms with Crippen molar-refractivity contribution in [3.05, 3.63) is 48.6 Å². The highest BCUT2D eigenvalue weighted by atomic mass is 16.8. The lowest BCUT2D eigenvalue weighted by Gasteiger charge is -2.48. The average Bonchev–Trinajstić information content (AvgIpc) is 0.785. The quantitative estimate of drug-likeness (QED) is 0.0199. The molecule has 574 valence electrons. The first kappa shape index (κ1) is 90.0. The Morgan fingerprint density at radius 2 is 0.653 bits per heavy atom. The third kappa shape index (κ3) is 40.1. The number of allylic oxidation sites excluding steroid dienone is 7. The van der Waals surface area contributed by atoms with Crippen molar-refractivity contribution in [2.75, 3.05) is 26.4 Å². The van der Waals surface area contributed by atoms with Crippen molar-refractivity contribution in [1.82, 2.24) is 5.32 Å². The Bertz CT molecular complexity index is 1960. The molecule has 3 saturated heterocycles. The molecule has 0 saturated carbocycles. The summed E-state index contributed by atoms with van der Waals surface area (Å²) in [4.78, 5) is 13.5. The highest BCUT2D eigenvalue weighted by molar-refractivity contribution is 5.76. The summed E-state index contributed by atoms with van der Waals surface area (Å²) in [5.41, 5.74) is 0. The van der Waals surface area contributed by atoms with Crippen molar-refractivity contribution < 1.29 is 89.4 Å². The van der Waals surface area contributed by atoms with E-state index >= 15 is 0 Å². The van der Waals surface area contributed by atoms with E-state index in [0.29, 0.717) is 12.8 Å². The Morgan fingerprint density at radius 1 is 0.357 bits per heavy atom. The molecule has 1 amide bonds. The van der Waals surface area contributed by atoms with Gasteiger partial charge in [-0.15, -0.1) is 0 Å². The summed E-state index contributed by atoms with van der Waals surface area (Å²) in [6.45, 7) is 1.75. The number of hydrogen-bond acceptors (Lipinski definition) is 18. The molecule has 0 radical (unpaired) electrons. The molecular formula is C79H145NO18. The number of rotatable bonds is 63. The molecule has 3 aliphatic rings. The van der Waals surface area contributed by atoms with Gasteiger partial charge in [0, 0.05) is 6.42 Å². The maximum atomic E-state index is 13.5. The molecule has 3 heterocycles. The summed E-state index contributed by atoms with van der Waals surface area (Å²) >= 11 is 0. The molecule has 17 atom stereocenters. The molecule has 12 N–H and O–H groups in total. The minimum atomic E-state index is -1.98. The zero-order chi connectivity index (χ0) is 71.1. The third-order valence-electron chi connectivity index (χ3n) is 19.8. The smallest absolute Gasteiger partial charge is 0.220 e. The number of aliphatic hydroxyl groups excluding tert-OH is 11. The van der Waals surface area contributed by atoms with Crippen LogP contribution in [-0.4, -0.2) is 193 Å². The molecule has 3 rings (SSSR count). The van der Waals surface area contributed by atoms with Crippen LogP contribution in [-0.2, 0) is 33.2 Å². The fourth-order valence-corrected chi connectivity index (χ4v) is 13.4. The van der Waals surface area contributed by atoms with E-state index in [1.165, 1.54) is 238 Å². The van der Waals surface area contributed by atoms with Crippen LogP contribution >= 0.6 is 0 Å². The van der Waals surface area contributed by atoms with Gasteiger partial charge in [0.2, 0.25) is 5.91 Å². The Balaban J connectivity index is 1.40. The lowest BCUT2D eigenvalue weighted by Crippen LogP contribution is -2.66. The van der Waals surface area contributed by atoms with Crippen molar-refractivity contribution in [2.45, 2.75) is 420 Å². The van der Waals surface area contributed by atoms with Crippen LogP contribution in [0.5, 0.6) is 0 Å². The number of amides is 1. The molecule has 17 unspecified atom stereocenters. The minimum Gasteiger partial charge on any atom is -0.394 e. The van der Waals surface area contributed by atoms with E-state index in [0.717, 1.165) is 44.9 Å². The molecule has 0 aliphatic carbocycles. The Hall–Kier alpha value is -2.25. The molecule has 19 nitrogen and oxygen atoms in total. The number of carbonyl (C=O) groups is 1. The highest BCUT2D eigenvalue weighted by Gasteiger charge is 2.54. The standard InChI is InChI=1S/C79H145NO18/c1-3-5-7-9-11-13-15-17-19-21-23-25-27-29-31-33-35-37-39-41-43-45-47-49-51-53-55-57-67(85)80-62(63(84)56-54-52-50-48-46-44-42-40-38-36-34-32-30-28-26-24-22-20-18-16-14-12-10-8-6-4-2)61-93-77-73(91)70(88)75(65(59-82)95-77)98-79-74(92)71(89)76(66(60-83)96-79)97-78-72(90)69(87)68(86)64(58-81)94-78/h21,23,38,40,46,48,54,56,62-66,68-79,81-84,86-92H,3-20,22,24-37,39,41-45,47,49-53,55,57-61H2,1-2H3,(H,80,85)/b23-21-,40-38+,48-46+,56-54+. The summed E-state index contributed by atoms with van der Waals surface area (Å²) in [5, 5.41) is 121. The maximum absolute atomic E-state index is 13.5. The van der Waals surface area contributed by atoms with E-state index in [4.69, 9.17) is 28.4 Å². The summed E-state index contributed by atoms with van der Waals surface area (Å²) in [5.74, 6) is -0.285. The van der Waals surface area contributed by atoms with Crippen molar-refractivity contribution in [1.29, 1.82) is 0 Å². The predicted molar refractivity (Wildman–Crippen MR) is 388 cm³/mol. The van der Waals surface area contributed by atoms with Crippen LogP contribution in [0.3, 0.4) is 0 Å². The first-order valence-corrected chi connectivity index (χ1v) is 39.9. The van der Waals surface area contributed by atoms with Gasteiger partial charge >= 0.3 is 0 Å². The monoisotopic (exact) mass is 1400 g/mol. The van der Waals surface area contributed by atoms with Gasteiger partial charge in [-0.2, -0.15) is 0 Å². The summed E-state index contributed by atoms with van der Waals surface area (Å²) < 4.78 is 34.4. The van der Waals surface area contributed by atoms with E-state index < -0.39 is 124 Å². The molecule has 0 aromatic carbocycles. The van der Waals surface area contributed by atoms with Crippen LogP contribution in [0.15, 0.2) is 48.6 Å². The Labute approximate surface area is 593 Å². The lowest BCUT2D eigenvalue weighted by molar-refractivity contribution is -0.379. The third-order valence-corrected chi connectivity index (χ3v) is 19.8. The molecular weight excluding hydrogens is 1250 g/mol. The maximum Gasteiger partial charge on any atom is 0.220 e. The van der Waals surface area contributed by atoms with E-state index in [1.54, 1.807) is 6.08 Å². The van der Waals surface area contributed by atoms with Crippen LogP contribution in [0.1, 0.15) is 316 Å². The zero-order valence-corrected chi connectivity index (χ0v) is 61.3. The number of aliphatic hydroxyl groups is 11. The first-order chi connectivity index (χ1) is 47.8. The fraction of sp³-hybridized carbons (Fsp3) is 0.886. The van der Waals surface area contributed by atoms with Crippen molar-refractivity contribution in [2.24, 2.45) is 0 Å². The van der Waals surface area contributed by atoms with Crippen molar-refractivity contribution >= 4 is 5.91 Å². The van der Waals surface area contributed by atoms with Crippen LogP contribution in [0.2, 0.25) is 0 Å². The topological polar surface area (TPSA) is 307 Å². The van der Waals surface area contributed by atoms with Gasteiger partial charge in [0.1, 0.15) is 73.2 Å².